The maximum atomic E-state index is 12.8. The second-order valence-corrected chi connectivity index (χ2v) is 9.02. The Kier molecular flexibility index (Phi) is 15.1. The molecule has 1 rings (SSSR count). The summed E-state index contributed by atoms with van der Waals surface area (Å²) in [4.78, 5) is 15.1. The molecule has 0 spiro atoms. The number of hydrogen-bond donors (Lipinski definition) is 1. The summed E-state index contributed by atoms with van der Waals surface area (Å²) in [5.41, 5.74) is 7.44. The molecule has 33 heavy (non-hydrogen) atoms. The van der Waals surface area contributed by atoms with Gasteiger partial charge >= 0.3 is 0 Å². The van der Waals surface area contributed by atoms with Crippen LogP contribution < -0.4 is 5.32 Å². The molecule has 0 heterocycles. The number of hydrogen-bond acceptors (Lipinski definition) is 8. The van der Waals surface area contributed by atoms with Gasteiger partial charge in [0.2, 0.25) is 9.84 Å². The summed E-state index contributed by atoms with van der Waals surface area (Å²) in [6.07, 6.45) is 1.99. The molecule has 12 heteroatoms. The lowest BCUT2D eigenvalue weighted by atomic mass is 10.2. The number of nitrogens with one attached hydrogen (secondary N) is 1. The average molecular weight is 487 g/mol. The smallest absolute Gasteiger partial charge is 0.251 e. The van der Waals surface area contributed by atoms with Crippen molar-refractivity contribution < 1.29 is 32.2 Å². The molecule has 1 N–H and O–H groups in total. The number of carbonyl (C=O) groups excluding carboxylic acids is 1. The van der Waals surface area contributed by atoms with Crippen LogP contribution in [0.2, 0.25) is 0 Å². The van der Waals surface area contributed by atoms with Gasteiger partial charge in [-0.05, 0) is 30.2 Å². The Morgan fingerprint density at radius 3 is 2.42 bits per heavy atom. The number of amides is 1. The Morgan fingerprint density at radius 2 is 1.79 bits per heavy atom. The summed E-state index contributed by atoms with van der Waals surface area (Å²) < 4.78 is 46.7. The van der Waals surface area contributed by atoms with Gasteiger partial charge in [-0.2, -0.15) is 0 Å². The van der Waals surface area contributed by atoms with Crippen molar-refractivity contribution in [2.45, 2.75) is 36.5 Å². The molecule has 1 atom stereocenters. The fraction of sp³-hybridized carbons (Fsp3) is 0.667. The molecular formula is C21H34N4O7S. The molecule has 1 aromatic carbocycles. The monoisotopic (exact) mass is 486 g/mol. The third kappa shape index (κ3) is 11.5. The number of nitrogens with zero attached hydrogens (tertiary/aromatic N) is 3. The van der Waals surface area contributed by atoms with Crippen molar-refractivity contribution in [3.63, 3.8) is 0 Å². The highest BCUT2D eigenvalue weighted by atomic mass is 32.2. The van der Waals surface area contributed by atoms with E-state index in [1.54, 1.807) is 12.1 Å². The number of azide groups is 1. The van der Waals surface area contributed by atoms with Crippen molar-refractivity contribution in [2.24, 2.45) is 5.11 Å². The van der Waals surface area contributed by atoms with E-state index >= 15 is 0 Å². The Balaban J connectivity index is 2.31. The van der Waals surface area contributed by atoms with E-state index in [1.165, 1.54) is 19.2 Å². The predicted octanol–water partition coefficient (Wildman–Crippen LogP) is 2.71. The third-order valence-corrected chi connectivity index (χ3v) is 6.53. The predicted molar refractivity (Wildman–Crippen MR) is 123 cm³/mol. The van der Waals surface area contributed by atoms with Crippen LogP contribution in [0.4, 0.5) is 0 Å². The highest BCUT2D eigenvalue weighted by Gasteiger charge is 2.27. The van der Waals surface area contributed by atoms with Crippen LogP contribution in [-0.4, -0.2) is 79.6 Å². The van der Waals surface area contributed by atoms with Gasteiger partial charge in [0.1, 0.15) is 0 Å². The van der Waals surface area contributed by atoms with Crippen molar-refractivity contribution in [3.8, 4) is 0 Å². The summed E-state index contributed by atoms with van der Waals surface area (Å²) in [6, 6.07) is 5.94. The zero-order valence-corrected chi connectivity index (χ0v) is 20.1. The lowest BCUT2D eigenvalue weighted by Crippen LogP contribution is -2.28. The molecule has 1 amide bonds. The standard InChI is InChI=1S/C21H34N4O7S/c1-3-4-8-20(29-2)33(27,28)19-7-5-6-18(17-19)21(26)23-9-11-30-13-15-32-16-14-31-12-10-24-25-22/h5-7,17,20H,3-4,8-16H2,1-2H3,(H,23,26)/t20-/m0/s1. The quantitative estimate of drug-likeness (QED) is 0.137. The minimum Gasteiger partial charge on any atom is -0.379 e. The van der Waals surface area contributed by atoms with Gasteiger partial charge in [-0.15, -0.1) is 0 Å². The fourth-order valence-electron chi connectivity index (χ4n) is 2.77. The van der Waals surface area contributed by atoms with E-state index in [0.29, 0.717) is 46.1 Å². The Hall–Kier alpha value is -2.21. The summed E-state index contributed by atoms with van der Waals surface area (Å²) in [5.74, 6) is -0.382. The molecule has 0 aliphatic heterocycles. The molecule has 1 aromatic rings. The van der Waals surface area contributed by atoms with Gasteiger partial charge in [0.15, 0.2) is 5.44 Å². The highest BCUT2D eigenvalue weighted by Crippen LogP contribution is 2.21. The van der Waals surface area contributed by atoms with Crippen LogP contribution in [0.5, 0.6) is 0 Å². The van der Waals surface area contributed by atoms with Crippen LogP contribution in [0.25, 0.3) is 10.4 Å². The van der Waals surface area contributed by atoms with Crippen LogP contribution in [0.3, 0.4) is 0 Å². The zero-order valence-electron chi connectivity index (χ0n) is 19.3. The lowest BCUT2D eigenvalue weighted by Gasteiger charge is -2.16. The van der Waals surface area contributed by atoms with E-state index in [2.05, 4.69) is 15.3 Å². The molecule has 0 saturated carbocycles. The molecule has 0 aromatic heterocycles. The van der Waals surface area contributed by atoms with Crippen LogP contribution >= 0.6 is 0 Å². The average Bonchev–Trinajstić information content (AvgIpc) is 2.82. The normalized spacial score (nSPS) is 12.2. The molecule has 0 fully saturated rings. The number of methoxy groups -OCH3 is 1. The number of carbonyl (C=O) groups is 1. The Bertz CT molecular complexity index is 845. The van der Waals surface area contributed by atoms with Crippen LogP contribution in [0.15, 0.2) is 34.3 Å². The first-order valence-electron chi connectivity index (χ1n) is 10.9. The van der Waals surface area contributed by atoms with Gasteiger partial charge in [0.05, 0.1) is 44.5 Å². The summed E-state index contributed by atoms with van der Waals surface area (Å²) in [5, 5.41) is 6.05. The molecule has 0 aliphatic rings. The van der Waals surface area contributed by atoms with Gasteiger partial charge in [0, 0.05) is 30.7 Å². The van der Waals surface area contributed by atoms with Crippen molar-refractivity contribution >= 4 is 15.7 Å². The molecular weight excluding hydrogens is 452 g/mol. The first kappa shape index (κ1) is 28.8. The van der Waals surface area contributed by atoms with Crippen molar-refractivity contribution in [3.05, 3.63) is 40.3 Å². The molecule has 0 aliphatic carbocycles. The van der Waals surface area contributed by atoms with Crippen molar-refractivity contribution in [1.82, 2.24) is 5.32 Å². The van der Waals surface area contributed by atoms with Gasteiger partial charge < -0.3 is 24.3 Å². The van der Waals surface area contributed by atoms with Gasteiger partial charge in [-0.1, -0.05) is 30.9 Å². The number of rotatable bonds is 19. The second kappa shape index (κ2) is 17.3. The van der Waals surface area contributed by atoms with Gasteiger partial charge in [-0.3, -0.25) is 4.79 Å². The van der Waals surface area contributed by atoms with E-state index in [9.17, 15) is 13.2 Å². The van der Waals surface area contributed by atoms with Gasteiger partial charge in [0.25, 0.3) is 5.91 Å². The summed E-state index contributed by atoms with van der Waals surface area (Å²) in [7, 11) is -2.32. The Morgan fingerprint density at radius 1 is 1.12 bits per heavy atom. The number of benzene rings is 1. The van der Waals surface area contributed by atoms with Crippen LogP contribution in [0.1, 0.15) is 36.5 Å². The molecule has 0 bridgehead atoms. The molecule has 186 valence electrons. The fourth-order valence-corrected chi connectivity index (χ4v) is 4.36. The van der Waals surface area contributed by atoms with Crippen LogP contribution in [0, 0.1) is 0 Å². The lowest BCUT2D eigenvalue weighted by molar-refractivity contribution is 0.0166. The summed E-state index contributed by atoms with van der Waals surface area (Å²) in [6.45, 7) is 4.73. The van der Waals surface area contributed by atoms with E-state index in [0.717, 1.165) is 12.8 Å². The van der Waals surface area contributed by atoms with Crippen molar-refractivity contribution in [1.29, 1.82) is 0 Å². The number of ether oxygens (including phenoxy) is 4. The van der Waals surface area contributed by atoms with Crippen molar-refractivity contribution in [2.75, 3.05) is 59.8 Å². The van der Waals surface area contributed by atoms with E-state index < -0.39 is 15.3 Å². The first-order chi connectivity index (χ1) is 16.0. The minimum absolute atomic E-state index is 0.0632. The number of sulfone groups is 1. The second-order valence-electron chi connectivity index (χ2n) is 6.93. The van der Waals surface area contributed by atoms with E-state index in [4.69, 9.17) is 24.5 Å². The Labute approximate surface area is 195 Å². The molecule has 0 saturated heterocycles. The van der Waals surface area contributed by atoms with E-state index in [1.807, 2.05) is 6.92 Å². The number of unbranched alkanes of at least 4 members (excludes halogenated alkanes) is 1. The van der Waals surface area contributed by atoms with E-state index in [-0.39, 0.29) is 29.5 Å². The van der Waals surface area contributed by atoms with Gasteiger partial charge in [-0.25, -0.2) is 8.42 Å². The SMILES string of the molecule is CCCC[C@@H](OC)S(=O)(=O)c1cccc(C(=O)NCCOCCOCCOCCN=[N+]=[N-])c1. The largest absolute Gasteiger partial charge is 0.379 e. The molecule has 0 radical (unpaired) electrons. The topological polar surface area (TPSA) is 149 Å². The molecule has 11 nitrogen and oxygen atoms in total. The molecule has 0 unspecified atom stereocenters. The highest BCUT2D eigenvalue weighted by molar-refractivity contribution is 7.91. The first-order valence-corrected chi connectivity index (χ1v) is 12.4. The van der Waals surface area contributed by atoms with Crippen LogP contribution in [-0.2, 0) is 28.8 Å². The summed E-state index contributed by atoms with van der Waals surface area (Å²) >= 11 is 0. The maximum Gasteiger partial charge on any atom is 0.251 e. The minimum atomic E-state index is -3.70. The zero-order chi connectivity index (χ0) is 24.4. The third-order valence-electron chi connectivity index (χ3n) is 4.50. The maximum absolute atomic E-state index is 12.8.